The minimum absolute atomic E-state index is 0.112. The highest BCUT2D eigenvalue weighted by Gasteiger charge is 2.20. The van der Waals surface area contributed by atoms with Gasteiger partial charge < -0.3 is 15.7 Å². The van der Waals surface area contributed by atoms with Crippen LogP contribution in [0, 0.1) is 5.82 Å². The molecule has 1 aliphatic carbocycles. The van der Waals surface area contributed by atoms with E-state index < -0.39 is 11.7 Å². The summed E-state index contributed by atoms with van der Waals surface area (Å²) in [5.74, 6) is 4.26. The SMILES string of the molecule is Cn1c2c(cc(C(=O)Nc3ncccc3F)/c1=N/N)CCC2. The van der Waals surface area contributed by atoms with E-state index in [0.717, 1.165) is 30.5 Å². The number of hydrogen-bond donors (Lipinski definition) is 2. The lowest BCUT2D eigenvalue weighted by Gasteiger charge is -2.12. The second-order valence-corrected chi connectivity index (χ2v) is 5.18. The van der Waals surface area contributed by atoms with Gasteiger partial charge in [-0.1, -0.05) is 0 Å². The monoisotopic (exact) mass is 301 g/mol. The van der Waals surface area contributed by atoms with Crippen molar-refractivity contribution in [3.05, 3.63) is 52.5 Å². The van der Waals surface area contributed by atoms with Crippen molar-refractivity contribution in [3.8, 4) is 0 Å². The third kappa shape index (κ3) is 2.34. The van der Waals surface area contributed by atoms with Gasteiger partial charge in [0, 0.05) is 18.9 Å². The van der Waals surface area contributed by atoms with Crippen LogP contribution in [0.4, 0.5) is 10.2 Å². The molecule has 0 aliphatic heterocycles. The van der Waals surface area contributed by atoms with E-state index >= 15 is 0 Å². The predicted molar refractivity (Wildman–Crippen MR) is 79.3 cm³/mol. The number of pyridine rings is 2. The summed E-state index contributed by atoms with van der Waals surface area (Å²) in [6.45, 7) is 0. The molecule has 0 aromatic carbocycles. The molecule has 0 atom stereocenters. The van der Waals surface area contributed by atoms with Crippen molar-refractivity contribution in [3.63, 3.8) is 0 Å². The maximum atomic E-state index is 13.6. The van der Waals surface area contributed by atoms with Crippen LogP contribution in [-0.2, 0) is 19.9 Å². The molecule has 2 aromatic rings. The maximum Gasteiger partial charge on any atom is 0.260 e. The van der Waals surface area contributed by atoms with Gasteiger partial charge in [-0.05, 0) is 43.0 Å². The van der Waals surface area contributed by atoms with Crippen molar-refractivity contribution in [2.75, 3.05) is 5.32 Å². The van der Waals surface area contributed by atoms with Crippen LogP contribution in [0.25, 0.3) is 0 Å². The first-order valence-electron chi connectivity index (χ1n) is 6.99. The Morgan fingerprint density at radius 1 is 1.50 bits per heavy atom. The highest BCUT2D eigenvalue weighted by atomic mass is 19.1. The van der Waals surface area contributed by atoms with E-state index in [-0.39, 0.29) is 5.82 Å². The number of amides is 1. The number of rotatable bonds is 2. The zero-order valence-electron chi connectivity index (χ0n) is 12.1. The third-order valence-electron chi connectivity index (χ3n) is 3.87. The molecule has 114 valence electrons. The topological polar surface area (TPSA) is 85.3 Å². The summed E-state index contributed by atoms with van der Waals surface area (Å²) in [5.41, 5.74) is 2.91. The lowest BCUT2D eigenvalue weighted by Crippen LogP contribution is -2.32. The molecule has 1 aliphatic rings. The van der Waals surface area contributed by atoms with Crippen LogP contribution in [0.5, 0.6) is 0 Å². The van der Waals surface area contributed by atoms with E-state index in [1.54, 1.807) is 6.07 Å². The molecule has 3 rings (SSSR count). The molecule has 1 amide bonds. The van der Waals surface area contributed by atoms with Crippen LogP contribution in [0.15, 0.2) is 29.5 Å². The van der Waals surface area contributed by atoms with Crippen LogP contribution in [-0.4, -0.2) is 15.5 Å². The standard InChI is InChI=1S/C15H16FN5O/c1-21-12-6-2-4-9(12)8-10(14(21)20-17)15(22)19-13-11(16)5-3-7-18-13/h3,5,7-8H,2,4,6,17H2,1H3,(H,18,19,22)/b20-14-. The number of nitrogens with one attached hydrogen (secondary N) is 1. The summed E-state index contributed by atoms with van der Waals surface area (Å²) in [6.07, 6.45) is 4.29. The van der Waals surface area contributed by atoms with Crippen molar-refractivity contribution in [1.82, 2.24) is 9.55 Å². The summed E-state index contributed by atoms with van der Waals surface area (Å²) in [4.78, 5) is 16.3. The van der Waals surface area contributed by atoms with Crippen LogP contribution in [0.1, 0.15) is 28.0 Å². The number of aryl methyl sites for hydroxylation is 1. The summed E-state index contributed by atoms with van der Waals surface area (Å²) < 4.78 is 15.4. The predicted octanol–water partition coefficient (Wildman–Crippen LogP) is 1.07. The van der Waals surface area contributed by atoms with Crippen LogP contribution >= 0.6 is 0 Å². The molecule has 0 bridgehead atoms. The Bertz CT molecular complexity index is 812. The van der Waals surface area contributed by atoms with E-state index in [1.807, 2.05) is 11.6 Å². The third-order valence-corrected chi connectivity index (χ3v) is 3.87. The van der Waals surface area contributed by atoms with Gasteiger partial charge in [0.1, 0.15) is 0 Å². The highest BCUT2D eigenvalue weighted by Crippen LogP contribution is 2.21. The maximum absolute atomic E-state index is 13.6. The van der Waals surface area contributed by atoms with Gasteiger partial charge >= 0.3 is 0 Å². The van der Waals surface area contributed by atoms with Gasteiger partial charge in [-0.15, -0.1) is 0 Å². The quantitative estimate of drug-likeness (QED) is 0.643. The molecule has 6 nitrogen and oxygen atoms in total. The van der Waals surface area contributed by atoms with E-state index in [1.165, 1.54) is 18.3 Å². The van der Waals surface area contributed by atoms with E-state index in [9.17, 15) is 9.18 Å². The number of carbonyl (C=O) groups is 1. The number of halogens is 1. The van der Waals surface area contributed by atoms with Crippen molar-refractivity contribution >= 4 is 11.7 Å². The fraction of sp³-hybridized carbons (Fsp3) is 0.267. The second kappa shape index (κ2) is 5.59. The van der Waals surface area contributed by atoms with Gasteiger partial charge in [-0.3, -0.25) is 4.79 Å². The molecular weight excluding hydrogens is 285 g/mol. The van der Waals surface area contributed by atoms with Crippen LogP contribution < -0.4 is 16.6 Å². The first-order chi connectivity index (χ1) is 10.6. The van der Waals surface area contributed by atoms with Gasteiger partial charge in [-0.25, -0.2) is 9.37 Å². The first kappa shape index (κ1) is 14.2. The number of nitrogens with two attached hydrogens (primary N) is 1. The molecule has 3 N–H and O–H groups in total. The number of carbonyl (C=O) groups excluding carboxylic acids is 1. The number of anilines is 1. The number of hydrogen-bond acceptors (Lipinski definition) is 4. The number of nitrogens with zero attached hydrogens (tertiary/aromatic N) is 3. The molecule has 0 spiro atoms. The minimum atomic E-state index is -0.590. The molecule has 0 radical (unpaired) electrons. The van der Waals surface area contributed by atoms with E-state index in [4.69, 9.17) is 5.84 Å². The molecule has 22 heavy (non-hydrogen) atoms. The summed E-state index contributed by atoms with van der Waals surface area (Å²) in [6, 6.07) is 4.48. The highest BCUT2D eigenvalue weighted by molar-refractivity contribution is 6.03. The van der Waals surface area contributed by atoms with Crippen molar-refractivity contribution < 1.29 is 9.18 Å². The lowest BCUT2D eigenvalue weighted by molar-refractivity contribution is 0.102. The Morgan fingerprint density at radius 3 is 3.05 bits per heavy atom. The Balaban J connectivity index is 2.03. The van der Waals surface area contributed by atoms with Crippen LogP contribution in [0.2, 0.25) is 0 Å². The molecule has 0 unspecified atom stereocenters. The summed E-state index contributed by atoms with van der Waals surface area (Å²) >= 11 is 0. The molecular formula is C15H16FN5O. The van der Waals surface area contributed by atoms with Gasteiger partial charge in [-0.2, -0.15) is 5.10 Å². The molecule has 0 saturated carbocycles. The average molecular weight is 301 g/mol. The van der Waals surface area contributed by atoms with Crippen LogP contribution in [0.3, 0.4) is 0 Å². The van der Waals surface area contributed by atoms with E-state index in [2.05, 4.69) is 15.4 Å². The lowest BCUT2D eigenvalue weighted by atomic mass is 10.1. The Labute approximate surface area is 126 Å². The Kier molecular flexibility index (Phi) is 3.62. The van der Waals surface area contributed by atoms with Gasteiger partial charge in [0.2, 0.25) is 0 Å². The normalized spacial score (nSPS) is 14.0. The molecule has 7 heteroatoms. The smallest absolute Gasteiger partial charge is 0.260 e. The fourth-order valence-electron chi connectivity index (χ4n) is 2.81. The summed E-state index contributed by atoms with van der Waals surface area (Å²) in [7, 11) is 1.83. The zero-order valence-corrected chi connectivity index (χ0v) is 12.1. The van der Waals surface area contributed by atoms with Crippen molar-refractivity contribution in [1.29, 1.82) is 0 Å². The first-order valence-corrected chi connectivity index (χ1v) is 6.99. The molecule has 0 saturated heterocycles. The Morgan fingerprint density at radius 2 is 2.32 bits per heavy atom. The number of fused-ring (bicyclic) bond motifs is 1. The fourth-order valence-corrected chi connectivity index (χ4v) is 2.81. The Hall–Kier alpha value is -2.70. The van der Waals surface area contributed by atoms with Gasteiger partial charge in [0.25, 0.3) is 5.91 Å². The average Bonchev–Trinajstić information content (AvgIpc) is 2.98. The molecule has 0 fully saturated rings. The second-order valence-electron chi connectivity index (χ2n) is 5.18. The van der Waals surface area contributed by atoms with E-state index in [0.29, 0.717) is 11.1 Å². The summed E-state index contributed by atoms with van der Waals surface area (Å²) in [5, 5.41) is 6.19. The largest absolute Gasteiger partial charge is 0.331 e. The molecule has 2 heterocycles. The van der Waals surface area contributed by atoms with Gasteiger partial charge in [0.15, 0.2) is 17.1 Å². The van der Waals surface area contributed by atoms with Crippen molar-refractivity contribution in [2.24, 2.45) is 18.0 Å². The molecule has 2 aromatic heterocycles. The van der Waals surface area contributed by atoms with Gasteiger partial charge in [0.05, 0.1) is 5.56 Å². The minimum Gasteiger partial charge on any atom is -0.331 e. The van der Waals surface area contributed by atoms with Crippen molar-refractivity contribution in [2.45, 2.75) is 19.3 Å². The number of aromatic nitrogens is 2. The zero-order chi connectivity index (χ0) is 15.7.